The van der Waals surface area contributed by atoms with Crippen molar-refractivity contribution < 1.29 is 63.8 Å². The third kappa shape index (κ3) is 4.39. The largest absolute Gasteiger partial charge is 0.493 e. The molecule has 6 unspecified atom stereocenters. The van der Waals surface area contributed by atoms with Crippen LogP contribution in [0, 0.1) is 0 Å². The maximum Gasteiger partial charge on any atom is 0.187 e. The molecule has 0 saturated carbocycles. The lowest BCUT2D eigenvalue weighted by Gasteiger charge is -2.47. The molecule has 2 aromatic rings. The van der Waals surface area contributed by atoms with Crippen molar-refractivity contribution in [2.45, 2.75) is 61.0 Å². The van der Waals surface area contributed by atoms with Crippen molar-refractivity contribution >= 4 is 0 Å². The van der Waals surface area contributed by atoms with E-state index in [-0.39, 0.29) is 13.2 Å². The van der Waals surface area contributed by atoms with Crippen LogP contribution in [0.3, 0.4) is 0 Å². The predicted octanol–water partition coefficient (Wildman–Crippen LogP) is -0.545. The first-order chi connectivity index (χ1) is 20.1. The second-order valence-electron chi connectivity index (χ2n) is 10.8. The monoisotopic (exact) mass is 590 g/mol. The van der Waals surface area contributed by atoms with Crippen molar-refractivity contribution in [3.05, 3.63) is 53.1 Å². The Bertz CT molecular complexity index is 1360. The Labute approximate surface area is 241 Å². The van der Waals surface area contributed by atoms with Crippen molar-refractivity contribution in [1.29, 1.82) is 0 Å². The number of fused-ring (bicyclic) bond motifs is 6. The van der Waals surface area contributed by atoms with Crippen LogP contribution in [0.25, 0.3) is 0 Å². The van der Waals surface area contributed by atoms with E-state index in [4.69, 9.17) is 33.2 Å². The van der Waals surface area contributed by atoms with Crippen molar-refractivity contribution in [1.82, 2.24) is 0 Å². The standard InChI is InChI=1S/C29H34O13/c1-12(10-39-28-25(33)24(32)23(31)21(9-30)41-28)17-6-14-16(40-17)5-4-13-26(14)42-22-11-38-18-8-20(37-3)19(36-2)7-15(18)29(22,35)27(13)34/h4-5,7-8,17,21-25,27-28,30-35H,1,6,9-11H2,2-3H3/t17?,21?,22?,23-,24+,25?,27?,28-,29?/m1/s1. The number of aliphatic hydroxyl groups is 6. The molecular formula is C29H34O13. The zero-order valence-corrected chi connectivity index (χ0v) is 23.0. The fraction of sp³-hybridized carbons (Fsp3) is 0.517. The van der Waals surface area contributed by atoms with E-state index in [0.29, 0.717) is 57.4 Å². The average molecular weight is 591 g/mol. The van der Waals surface area contributed by atoms with Crippen molar-refractivity contribution in [2.24, 2.45) is 0 Å². The van der Waals surface area contributed by atoms with Crippen LogP contribution in [0.2, 0.25) is 0 Å². The number of hydrogen-bond acceptors (Lipinski definition) is 13. The van der Waals surface area contributed by atoms with Crippen LogP contribution in [0.15, 0.2) is 36.4 Å². The van der Waals surface area contributed by atoms with Gasteiger partial charge in [0.2, 0.25) is 0 Å². The quantitative estimate of drug-likeness (QED) is 0.226. The van der Waals surface area contributed by atoms with E-state index in [1.807, 2.05) is 0 Å². The van der Waals surface area contributed by atoms with Gasteiger partial charge >= 0.3 is 0 Å². The summed E-state index contributed by atoms with van der Waals surface area (Å²) in [6.45, 7) is 3.31. The van der Waals surface area contributed by atoms with Crippen molar-refractivity contribution in [3.8, 4) is 28.7 Å². The topological polar surface area (TPSA) is 186 Å². The smallest absolute Gasteiger partial charge is 0.187 e. The molecule has 0 amide bonds. The van der Waals surface area contributed by atoms with Gasteiger partial charge in [0, 0.05) is 29.2 Å². The highest BCUT2D eigenvalue weighted by molar-refractivity contribution is 5.60. The number of hydrogen-bond donors (Lipinski definition) is 6. The van der Waals surface area contributed by atoms with Gasteiger partial charge in [0.25, 0.3) is 0 Å². The SMILES string of the molecule is C=C(CO[C@@H]1OC(CO)[C@@H](O)[C@H](O)C1O)C1Cc2c(ccc3c2OC2COc4cc(OC)c(OC)cc4C2(O)C3O)O1. The molecule has 0 bridgehead atoms. The first-order valence-corrected chi connectivity index (χ1v) is 13.5. The summed E-state index contributed by atoms with van der Waals surface area (Å²) in [5.41, 5.74) is 0.00713. The molecule has 4 aliphatic heterocycles. The summed E-state index contributed by atoms with van der Waals surface area (Å²) in [6.07, 6.45) is -9.56. The van der Waals surface area contributed by atoms with Crippen LogP contribution in [0.4, 0.5) is 0 Å². The molecule has 228 valence electrons. The van der Waals surface area contributed by atoms with Crippen LogP contribution >= 0.6 is 0 Å². The first-order valence-electron chi connectivity index (χ1n) is 13.5. The summed E-state index contributed by atoms with van der Waals surface area (Å²) in [6, 6.07) is 6.50. The lowest BCUT2D eigenvalue weighted by Crippen LogP contribution is -2.59. The average Bonchev–Trinajstić information content (AvgIpc) is 3.45. The van der Waals surface area contributed by atoms with Crippen LogP contribution in [-0.4, -0.2) is 108 Å². The van der Waals surface area contributed by atoms with Gasteiger partial charge in [0.1, 0.15) is 60.5 Å². The molecule has 0 spiro atoms. The molecule has 4 aliphatic rings. The molecule has 6 N–H and O–H groups in total. The van der Waals surface area contributed by atoms with Crippen LogP contribution in [-0.2, 0) is 21.5 Å². The highest BCUT2D eigenvalue weighted by Gasteiger charge is 2.56. The Morgan fingerprint density at radius 3 is 2.45 bits per heavy atom. The van der Waals surface area contributed by atoms with Crippen LogP contribution in [0.5, 0.6) is 28.7 Å². The third-order valence-corrected chi connectivity index (χ3v) is 8.41. The maximum absolute atomic E-state index is 11.9. The minimum Gasteiger partial charge on any atom is -0.493 e. The van der Waals surface area contributed by atoms with Gasteiger partial charge < -0.3 is 63.8 Å². The Morgan fingerprint density at radius 2 is 1.74 bits per heavy atom. The minimum absolute atomic E-state index is 0.0386. The lowest BCUT2D eigenvalue weighted by atomic mass is 9.76. The molecule has 9 atom stereocenters. The Morgan fingerprint density at radius 1 is 1.00 bits per heavy atom. The zero-order chi connectivity index (χ0) is 29.9. The molecule has 0 radical (unpaired) electrons. The Balaban J connectivity index is 1.20. The number of aliphatic hydroxyl groups excluding tert-OH is 5. The molecule has 0 aromatic heterocycles. The summed E-state index contributed by atoms with van der Waals surface area (Å²) >= 11 is 0. The minimum atomic E-state index is -1.84. The van der Waals surface area contributed by atoms with Crippen molar-refractivity contribution in [2.75, 3.05) is 34.0 Å². The van der Waals surface area contributed by atoms with Crippen LogP contribution < -0.4 is 23.7 Å². The van der Waals surface area contributed by atoms with Gasteiger partial charge in [-0.1, -0.05) is 6.58 Å². The van der Waals surface area contributed by atoms with Gasteiger partial charge in [0.05, 0.1) is 27.4 Å². The lowest BCUT2D eigenvalue weighted by molar-refractivity contribution is -0.299. The second-order valence-corrected chi connectivity index (χ2v) is 10.8. The van der Waals surface area contributed by atoms with Crippen LogP contribution in [0.1, 0.15) is 22.8 Å². The van der Waals surface area contributed by atoms with E-state index in [0.717, 1.165) is 0 Å². The van der Waals surface area contributed by atoms with E-state index in [1.165, 1.54) is 14.2 Å². The number of methoxy groups -OCH3 is 2. The van der Waals surface area contributed by atoms with Gasteiger partial charge in [-0.25, -0.2) is 0 Å². The summed E-state index contributed by atoms with van der Waals surface area (Å²) < 4.78 is 40.1. The summed E-state index contributed by atoms with van der Waals surface area (Å²) in [5, 5.41) is 63.1. The van der Waals surface area contributed by atoms with E-state index < -0.39 is 61.2 Å². The summed E-state index contributed by atoms with van der Waals surface area (Å²) in [7, 11) is 2.96. The third-order valence-electron chi connectivity index (χ3n) is 8.41. The number of ether oxygens (including phenoxy) is 7. The maximum atomic E-state index is 11.9. The van der Waals surface area contributed by atoms with Gasteiger partial charge in [-0.3, -0.25) is 0 Å². The summed E-state index contributed by atoms with van der Waals surface area (Å²) in [4.78, 5) is 0. The fourth-order valence-electron chi connectivity index (χ4n) is 5.97. The van der Waals surface area contributed by atoms with Gasteiger partial charge in [0.15, 0.2) is 29.5 Å². The van der Waals surface area contributed by atoms with Gasteiger partial charge in [-0.15, -0.1) is 0 Å². The molecule has 42 heavy (non-hydrogen) atoms. The van der Waals surface area contributed by atoms with Crippen molar-refractivity contribution in [3.63, 3.8) is 0 Å². The Kier molecular flexibility index (Phi) is 7.48. The molecule has 1 saturated heterocycles. The van der Waals surface area contributed by atoms with E-state index in [9.17, 15) is 30.6 Å². The molecule has 13 nitrogen and oxygen atoms in total. The van der Waals surface area contributed by atoms with E-state index in [1.54, 1.807) is 24.3 Å². The number of rotatable bonds is 7. The van der Waals surface area contributed by atoms with E-state index >= 15 is 0 Å². The fourth-order valence-corrected chi connectivity index (χ4v) is 5.97. The molecule has 2 aromatic carbocycles. The molecule has 0 aliphatic carbocycles. The molecule has 4 heterocycles. The Hall–Kier alpha value is -3.14. The summed E-state index contributed by atoms with van der Waals surface area (Å²) in [5.74, 6) is 2.02. The highest BCUT2D eigenvalue weighted by atomic mass is 16.7. The molecule has 1 fully saturated rings. The predicted molar refractivity (Wildman–Crippen MR) is 142 cm³/mol. The molecule has 6 rings (SSSR count). The van der Waals surface area contributed by atoms with Gasteiger partial charge in [-0.05, 0) is 23.8 Å². The molecular weight excluding hydrogens is 556 g/mol. The highest BCUT2D eigenvalue weighted by Crippen LogP contribution is 2.55. The number of benzene rings is 2. The molecule has 13 heteroatoms. The first kappa shape index (κ1) is 29.0. The van der Waals surface area contributed by atoms with Gasteiger partial charge in [-0.2, -0.15) is 0 Å². The zero-order valence-electron chi connectivity index (χ0n) is 23.0. The second kappa shape index (κ2) is 10.8. The van der Waals surface area contributed by atoms with E-state index in [2.05, 4.69) is 6.58 Å². The normalized spacial score (nSPS) is 34.5.